The molecule has 1 aromatic carbocycles. The highest BCUT2D eigenvalue weighted by atomic mass is 32.2. The van der Waals surface area contributed by atoms with Crippen LogP contribution in [0.25, 0.3) is 15.9 Å². The van der Waals surface area contributed by atoms with Gasteiger partial charge in [0.1, 0.15) is 4.83 Å². The third kappa shape index (κ3) is 4.33. The molecule has 2 atom stereocenters. The molecule has 2 aliphatic rings. The Morgan fingerprint density at radius 3 is 2.59 bits per heavy atom. The predicted octanol–water partition coefficient (Wildman–Crippen LogP) is 5.91. The van der Waals surface area contributed by atoms with E-state index in [9.17, 15) is 9.59 Å². The molecule has 0 N–H and O–H groups in total. The summed E-state index contributed by atoms with van der Waals surface area (Å²) in [5.41, 5.74) is 3.10. The molecule has 0 bridgehead atoms. The number of piperidine rings is 1. The number of rotatable bonds is 4. The highest BCUT2D eigenvalue weighted by Gasteiger charge is 2.29. The monoisotopic (exact) mass is 495 g/mol. The van der Waals surface area contributed by atoms with Crippen LogP contribution in [0.4, 0.5) is 0 Å². The van der Waals surface area contributed by atoms with Gasteiger partial charge in [-0.3, -0.25) is 14.2 Å². The fourth-order valence-electron chi connectivity index (χ4n) is 5.60. The van der Waals surface area contributed by atoms with E-state index in [0.29, 0.717) is 10.9 Å². The van der Waals surface area contributed by atoms with Gasteiger partial charge in [-0.2, -0.15) is 0 Å². The number of aromatic nitrogens is 2. The van der Waals surface area contributed by atoms with Gasteiger partial charge < -0.3 is 4.90 Å². The van der Waals surface area contributed by atoms with Crippen molar-refractivity contribution in [2.24, 2.45) is 0 Å². The highest BCUT2D eigenvalue weighted by Crippen LogP contribution is 2.35. The molecule has 180 valence electrons. The second-order valence-electron chi connectivity index (χ2n) is 9.78. The topological polar surface area (TPSA) is 55.2 Å². The van der Waals surface area contributed by atoms with Gasteiger partial charge in [0.05, 0.1) is 16.8 Å². The van der Waals surface area contributed by atoms with Gasteiger partial charge in [0, 0.05) is 17.0 Å². The molecule has 0 spiro atoms. The summed E-state index contributed by atoms with van der Waals surface area (Å²) in [4.78, 5) is 36.5. The molecule has 5 rings (SSSR count). The average molecular weight is 496 g/mol. The first kappa shape index (κ1) is 23.6. The summed E-state index contributed by atoms with van der Waals surface area (Å²) in [6, 6.07) is 8.48. The van der Waals surface area contributed by atoms with E-state index in [1.54, 1.807) is 15.9 Å². The molecule has 0 saturated carbocycles. The third-order valence-electron chi connectivity index (χ3n) is 7.37. The first-order chi connectivity index (χ1) is 16.5. The lowest BCUT2D eigenvalue weighted by Gasteiger charge is -2.39. The minimum Gasteiger partial charge on any atom is -0.337 e. The lowest BCUT2D eigenvalue weighted by atomic mass is 9.98. The number of amides is 1. The SMILES string of the molecule is Cc1ccccc1-n1c(SCC(=O)N2C(C)CCCC2C)nc2sc3c(c2c1=O)CCCCC3. The zero-order valence-electron chi connectivity index (χ0n) is 20.3. The molecule has 5 nitrogen and oxygen atoms in total. The first-order valence-electron chi connectivity index (χ1n) is 12.5. The summed E-state index contributed by atoms with van der Waals surface area (Å²) < 4.78 is 1.76. The zero-order valence-corrected chi connectivity index (χ0v) is 21.9. The van der Waals surface area contributed by atoms with Crippen molar-refractivity contribution in [1.82, 2.24) is 14.5 Å². The number of thiophene rings is 1. The number of hydrogen-bond acceptors (Lipinski definition) is 5. The molecule has 2 aromatic heterocycles. The molecule has 1 saturated heterocycles. The fraction of sp³-hybridized carbons (Fsp3) is 0.519. The van der Waals surface area contributed by atoms with Gasteiger partial charge >= 0.3 is 0 Å². The van der Waals surface area contributed by atoms with Crippen LogP contribution in [0.15, 0.2) is 34.2 Å². The van der Waals surface area contributed by atoms with Gasteiger partial charge in [-0.1, -0.05) is 36.4 Å². The Bertz CT molecular complexity index is 1270. The minimum absolute atomic E-state index is 0.00774. The summed E-state index contributed by atoms with van der Waals surface area (Å²) in [5.74, 6) is 0.432. The van der Waals surface area contributed by atoms with Crippen LogP contribution in [-0.4, -0.2) is 38.2 Å². The van der Waals surface area contributed by atoms with E-state index in [4.69, 9.17) is 4.98 Å². The van der Waals surface area contributed by atoms with Crippen molar-refractivity contribution in [2.75, 3.05) is 5.75 Å². The van der Waals surface area contributed by atoms with E-state index in [1.165, 1.54) is 41.5 Å². The summed E-state index contributed by atoms with van der Waals surface area (Å²) in [5, 5.41) is 1.41. The molecule has 3 heterocycles. The molecular formula is C27H33N3O2S2. The van der Waals surface area contributed by atoms with Gasteiger partial charge in [-0.25, -0.2) is 4.98 Å². The number of para-hydroxylation sites is 1. The second kappa shape index (κ2) is 9.86. The molecular weight excluding hydrogens is 462 g/mol. The number of benzene rings is 1. The van der Waals surface area contributed by atoms with E-state index in [0.717, 1.165) is 53.6 Å². The minimum atomic E-state index is 0.00774. The molecule has 0 radical (unpaired) electrons. The van der Waals surface area contributed by atoms with Crippen molar-refractivity contribution < 1.29 is 4.79 Å². The summed E-state index contributed by atoms with van der Waals surface area (Å²) in [6.07, 6.45) is 8.79. The molecule has 1 aliphatic carbocycles. The lowest BCUT2D eigenvalue weighted by molar-refractivity contribution is -0.134. The van der Waals surface area contributed by atoms with Crippen molar-refractivity contribution in [2.45, 2.75) is 89.4 Å². The molecule has 34 heavy (non-hydrogen) atoms. The molecule has 3 aromatic rings. The molecule has 1 amide bonds. The van der Waals surface area contributed by atoms with E-state index >= 15 is 0 Å². The maximum absolute atomic E-state index is 14.0. The van der Waals surface area contributed by atoms with E-state index in [1.807, 2.05) is 36.1 Å². The Balaban J connectivity index is 1.58. The normalized spacial score (nSPS) is 20.9. The van der Waals surface area contributed by atoms with Crippen LogP contribution in [0.5, 0.6) is 0 Å². The van der Waals surface area contributed by atoms with E-state index in [2.05, 4.69) is 13.8 Å². The Labute approximate surface area is 209 Å². The van der Waals surface area contributed by atoms with Gasteiger partial charge in [0.2, 0.25) is 5.91 Å². The number of thioether (sulfide) groups is 1. The van der Waals surface area contributed by atoms with Crippen LogP contribution < -0.4 is 5.56 Å². The van der Waals surface area contributed by atoms with Gasteiger partial charge in [-0.15, -0.1) is 11.3 Å². The summed E-state index contributed by atoms with van der Waals surface area (Å²) in [7, 11) is 0. The third-order valence-corrected chi connectivity index (χ3v) is 9.48. The van der Waals surface area contributed by atoms with Crippen molar-refractivity contribution in [3.63, 3.8) is 0 Å². The molecule has 7 heteroatoms. The maximum Gasteiger partial charge on any atom is 0.267 e. The van der Waals surface area contributed by atoms with Crippen molar-refractivity contribution in [1.29, 1.82) is 0 Å². The Hall–Kier alpha value is -2.12. The first-order valence-corrected chi connectivity index (χ1v) is 14.3. The number of hydrogen-bond donors (Lipinski definition) is 0. The van der Waals surface area contributed by atoms with Gasteiger partial charge in [-0.05, 0) is 82.9 Å². The second-order valence-corrected chi connectivity index (χ2v) is 11.8. The quantitative estimate of drug-likeness (QED) is 0.257. The van der Waals surface area contributed by atoms with Gasteiger partial charge in [0.25, 0.3) is 5.56 Å². The molecule has 1 aliphatic heterocycles. The zero-order chi connectivity index (χ0) is 23.8. The van der Waals surface area contributed by atoms with Crippen LogP contribution in [0.1, 0.15) is 68.4 Å². The Morgan fingerprint density at radius 1 is 1.09 bits per heavy atom. The lowest BCUT2D eigenvalue weighted by Crippen LogP contribution is -2.48. The number of carbonyl (C=O) groups excluding carboxylic acids is 1. The summed E-state index contributed by atoms with van der Waals surface area (Å²) in [6.45, 7) is 6.31. The number of nitrogens with zero attached hydrogens (tertiary/aromatic N) is 3. The predicted molar refractivity (Wildman–Crippen MR) is 142 cm³/mol. The van der Waals surface area contributed by atoms with Crippen molar-refractivity contribution >= 4 is 39.2 Å². The number of fused-ring (bicyclic) bond motifs is 3. The van der Waals surface area contributed by atoms with Crippen LogP contribution in [0.2, 0.25) is 0 Å². The molecule has 2 unspecified atom stereocenters. The largest absolute Gasteiger partial charge is 0.337 e. The van der Waals surface area contributed by atoms with Crippen LogP contribution in [0, 0.1) is 6.92 Å². The number of carbonyl (C=O) groups is 1. The standard InChI is InChI=1S/C27H33N3O2S2/c1-17-10-7-8-14-21(17)30-26(32)24-20-13-5-4-6-15-22(20)34-25(24)28-27(30)33-16-23(31)29-18(2)11-9-12-19(29)3/h7-8,10,14,18-19H,4-6,9,11-13,15-16H2,1-3H3. The van der Waals surface area contributed by atoms with Crippen molar-refractivity contribution in [3.8, 4) is 5.69 Å². The van der Waals surface area contributed by atoms with Gasteiger partial charge in [0.15, 0.2) is 5.16 Å². The average Bonchev–Trinajstić information content (AvgIpc) is 2.99. The Kier molecular flexibility index (Phi) is 6.85. The maximum atomic E-state index is 14.0. The fourth-order valence-corrected chi connectivity index (χ4v) is 7.78. The van der Waals surface area contributed by atoms with Crippen LogP contribution >= 0.6 is 23.1 Å². The van der Waals surface area contributed by atoms with E-state index < -0.39 is 0 Å². The Morgan fingerprint density at radius 2 is 1.82 bits per heavy atom. The van der Waals surface area contributed by atoms with Crippen LogP contribution in [0.3, 0.4) is 0 Å². The highest BCUT2D eigenvalue weighted by molar-refractivity contribution is 7.99. The van der Waals surface area contributed by atoms with Crippen molar-refractivity contribution in [3.05, 3.63) is 50.6 Å². The number of likely N-dealkylation sites (tertiary alicyclic amines) is 1. The van der Waals surface area contributed by atoms with E-state index in [-0.39, 0.29) is 23.6 Å². The molecule has 1 fully saturated rings. The number of aryl methyl sites for hydroxylation is 3. The summed E-state index contributed by atoms with van der Waals surface area (Å²) >= 11 is 3.08. The smallest absolute Gasteiger partial charge is 0.267 e. The van der Waals surface area contributed by atoms with Crippen LogP contribution in [-0.2, 0) is 17.6 Å².